The molecule has 2 N–H and O–H groups in total. The molecule has 0 bridgehead atoms. The number of ether oxygens (including phenoxy) is 2. The van der Waals surface area contributed by atoms with Crippen molar-refractivity contribution < 1.29 is 14.3 Å². The van der Waals surface area contributed by atoms with Gasteiger partial charge in [-0.25, -0.2) is 14.7 Å². The van der Waals surface area contributed by atoms with Crippen molar-refractivity contribution in [1.29, 1.82) is 0 Å². The third-order valence-corrected chi connectivity index (χ3v) is 4.30. The highest BCUT2D eigenvalue weighted by molar-refractivity contribution is 5.88. The SMILES string of the molecule is CCOC(C)(N)N(C(=O)OC)c1ccc(-n2cnc(-c3ccccc3)c2)cc1. The summed E-state index contributed by atoms with van der Waals surface area (Å²) in [5.41, 5.74) is 9.58. The Morgan fingerprint density at radius 3 is 2.46 bits per heavy atom. The standard InChI is InChI=1S/C21H24N4O3/c1-4-28-21(2,22)25(20(26)27-3)18-12-10-17(11-13-18)24-14-19(23-15-24)16-8-6-5-7-9-16/h5-15H,4,22H2,1-3H3. The van der Waals surface area contributed by atoms with Crippen molar-refractivity contribution in [3.05, 3.63) is 67.1 Å². The van der Waals surface area contributed by atoms with Gasteiger partial charge in [0.15, 0.2) is 0 Å². The van der Waals surface area contributed by atoms with Crippen LogP contribution in [0.3, 0.4) is 0 Å². The van der Waals surface area contributed by atoms with Crippen molar-refractivity contribution in [3.8, 4) is 16.9 Å². The largest absolute Gasteiger partial charge is 0.452 e. The molecular formula is C21H24N4O3. The van der Waals surface area contributed by atoms with Crippen LogP contribution in [0, 0.1) is 0 Å². The van der Waals surface area contributed by atoms with E-state index in [1.807, 2.05) is 60.2 Å². The highest BCUT2D eigenvalue weighted by atomic mass is 16.6. The van der Waals surface area contributed by atoms with E-state index in [0.29, 0.717) is 12.3 Å². The van der Waals surface area contributed by atoms with E-state index in [0.717, 1.165) is 16.9 Å². The Morgan fingerprint density at radius 1 is 1.18 bits per heavy atom. The lowest BCUT2D eigenvalue weighted by Crippen LogP contribution is -2.58. The Kier molecular flexibility index (Phi) is 5.77. The highest BCUT2D eigenvalue weighted by Crippen LogP contribution is 2.25. The van der Waals surface area contributed by atoms with Gasteiger partial charge < -0.3 is 14.0 Å². The molecule has 0 radical (unpaired) electrons. The van der Waals surface area contributed by atoms with Crippen LogP contribution in [0.4, 0.5) is 10.5 Å². The molecule has 0 aliphatic carbocycles. The van der Waals surface area contributed by atoms with Crippen LogP contribution in [-0.2, 0) is 9.47 Å². The van der Waals surface area contributed by atoms with Crippen LogP contribution in [0.2, 0.25) is 0 Å². The Balaban J connectivity index is 1.88. The van der Waals surface area contributed by atoms with Crippen molar-refractivity contribution >= 4 is 11.8 Å². The normalized spacial score (nSPS) is 13.0. The number of benzene rings is 2. The van der Waals surface area contributed by atoms with E-state index in [2.05, 4.69) is 4.98 Å². The zero-order valence-electron chi connectivity index (χ0n) is 16.2. The van der Waals surface area contributed by atoms with Gasteiger partial charge in [-0.15, -0.1) is 0 Å². The lowest BCUT2D eigenvalue weighted by atomic mass is 10.2. The van der Waals surface area contributed by atoms with Crippen LogP contribution in [0.25, 0.3) is 16.9 Å². The summed E-state index contributed by atoms with van der Waals surface area (Å²) in [7, 11) is 1.31. The molecule has 1 atom stereocenters. The van der Waals surface area contributed by atoms with E-state index in [1.165, 1.54) is 12.0 Å². The van der Waals surface area contributed by atoms with E-state index in [-0.39, 0.29) is 0 Å². The first-order chi connectivity index (χ1) is 13.5. The molecule has 0 saturated carbocycles. The summed E-state index contributed by atoms with van der Waals surface area (Å²) in [6.07, 6.45) is 3.11. The van der Waals surface area contributed by atoms with Gasteiger partial charge in [0.1, 0.15) is 0 Å². The van der Waals surface area contributed by atoms with Gasteiger partial charge in [0, 0.05) is 24.1 Å². The average molecular weight is 380 g/mol. The number of hydrogen-bond acceptors (Lipinski definition) is 5. The summed E-state index contributed by atoms with van der Waals surface area (Å²) in [4.78, 5) is 18.0. The predicted octanol–water partition coefficient (Wildman–Crippen LogP) is 3.78. The minimum absolute atomic E-state index is 0.357. The number of anilines is 1. The van der Waals surface area contributed by atoms with Crippen LogP contribution in [0.15, 0.2) is 67.1 Å². The molecule has 1 heterocycles. The molecule has 2 aromatic carbocycles. The second kappa shape index (κ2) is 8.24. The summed E-state index contributed by atoms with van der Waals surface area (Å²) in [5, 5.41) is 0. The van der Waals surface area contributed by atoms with Gasteiger partial charge in [-0.1, -0.05) is 30.3 Å². The zero-order chi connectivity index (χ0) is 20.1. The Labute approximate surface area is 164 Å². The van der Waals surface area contributed by atoms with Crippen molar-refractivity contribution in [2.24, 2.45) is 5.73 Å². The quantitative estimate of drug-likeness (QED) is 0.658. The molecular weight excluding hydrogens is 356 g/mol. The molecule has 0 aliphatic heterocycles. The maximum absolute atomic E-state index is 12.3. The number of nitrogens with zero attached hydrogens (tertiary/aromatic N) is 3. The number of hydrogen-bond donors (Lipinski definition) is 1. The third-order valence-electron chi connectivity index (χ3n) is 4.30. The number of aromatic nitrogens is 2. The molecule has 1 unspecified atom stereocenters. The maximum atomic E-state index is 12.3. The van der Waals surface area contributed by atoms with Crippen LogP contribution >= 0.6 is 0 Å². The summed E-state index contributed by atoms with van der Waals surface area (Å²) < 4.78 is 12.3. The number of rotatable bonds is 6. The minimum Gasteiger partial charge on any atom is -0.452 e. The fourth-order valence-electron chi connectivity index (χ4n) is 2.99. The van der Waals surface area contributed by atoms with Crippen LogP contribution in [-0.4, -0.2) is 35.2 Å². The number of amides is 1. The lowest BCUT2D eigenvalue weighted by Gasteiger charge is -2.36. The Morgan fingerprint density at radius 2 is 1.86 bits per heavy atom. The summed E-state index contributed by atoms with van der Waals surface area (Å²) in [6, 6.07) is 17.3. The van der Waals surface area contributed by atoms with Crippen molar-refractivity contribution in [2.75, 3.05) is 18.6 Å². The Bertz CT molecular complexity index is 920. The second-order valence-electron chi connectivity index (χ2n) is 6.34. The smallest absolute Gasteiger partial charge is 0.417 e. The fraction of sp³-hybridized carbons (Fsp3) is 0.238. The van der Waals surface area contributed by atoms with Gasteiger partial charge in [-0.05, 0) is 38.1 Å². The number of imidazole rings is 1. The molecule has 146 valence electrons. The predicted molar refractivity (Wildman–Crippen MR) is 108 cm³/mol. The summed E-state index contributed by atoms with van der Waals surface area (Å²) >= 11 is 0. The van der Waals surface area contributed by atoms with Gasteiger partial charge >= 0.3 is 6.09 Å². The van der Waals surface area contributed by atoms with E-state index in [1.54, 1.807) is 25.4 Å². The first kappa shape index (κ1) is 19.6. The molecule has 7 nitrogen and oxygen atoms in total. The number of carbonyl (C=O) groups is 1. The maximum Gasteiger partial charge on any atom is 0.417 e. The molecule has 3 aromatic rings. The van der Waals surface area contributed by atoms with E-state index < -0.39 is 11.9 Å². The molecule has 1 amide bonds. The van der Waals surface area contributed by atoms with Crippen LogP contribution in [0.5, 0.6) is 0 Å². The third kappa shape index (κ3) is 4.05. The monoisotopic (exact) mass is 380 g/mol. The summed E-state index contributed by atoms with van der Waals surface area (Å²) in [6.45, 7) is 3.78. The molecule has 0 fully saturated rings. The number of nitrogens with two attached hydrogens (primary N) is 1. The van der Waals surface area contributed by atoms with Crippen LogP contribution in [0.1, 0.15) is 13.8 Å². The van der Waals surface area contributed by atoms with Crippen LogP contribution < -0.4 is 10.6 Å². The fourth-order valence-corrected chi connectivity index (χ4v) is 2.99. The van der Waals surface area contributed by atoms with Gasteiger partial charge in [0.05, 0.1) is 24.8 Å². The second-order valence-corrected chi connectivity index (χ2v) is 6.34. The van der Waals surface area contributed by atoms with E-state index in [9.17, 15) is 4.79 Å². The molecule has 1 aromatic heterocycles. The Hall–Kier alpha value is -3.16. The highest BCUT2D eigenvalue weighted by Gasteiger charge is 2.34. The van der Waals surface area contributed by atoms with E-state index in [4.69, 9.17) is 15.2 Å². The van der Waals surface area contributed by atoms with E-state index >= 15 is 0 Å². The number of methoxy groups -OCH3 is 1. The minimum atomic E-state index is -1.33. The number of carbonyl (C=O) groups excluding carboxylic acids is 1. The summed E-state index contributed by atoms with van der Waals surface area (Å²) in [5.74, 6) is -1.33. The molecule has 0 saturated heterocycles. The first-order valence-corrected chi connectivity index (χ1v) is 8.97. The topological polar surface area (TPSA) is 82.6 Å². The van der Waals surface area contributed by atoms with Gasteiger partial charge in [0.2, 0.25) is 5.85 Å². The molecule has 7 heteroatoms. The molecule has 3 rings (SSSR count). The molecule has 28 heavy (non-hydrogen) atoms. The van der Waals surface area contributed by atoms with Crippen molar-refractivity contribution in [2.45, 2.75) is 19.7 Å². The molecule has 0 spiro atoms. The van der Waals surface area contributed by atoms with Gasteiger partial charge in [0.25, 0.3) is 0 Å². The van der Waals surface area contributed by atoms with Gasteiger partial charge in [-0.3, -0.25) is 5.73 Å². The van der Waals surface area contributed by atoms with Crippen molar-refractivity contribution in [3.63, 3.8) is 0 Å². The lowest BCUT2D eigenvalue weighted by molar-refractivity contribution is -0.0204. The van der Waals surface area contributed by atoms with Crippen molar-refractivity contribution in [1.82, 2.24) is 9.55 Å². The average Bonchev–Trinajstić information content (AvgIpc) is 3.19. The van der Waals surface area contributed by atoms with Gasteiger partial charge in [-0.2, -0.15) is 0 Å². The first-order valence-electron chi connectivity index (χ1n) is 8.97. The zero-order valence-corrected chi connectivity index (χ0v) is 16.2. The molecule has 0 aliphatic rings.